The van der Waals surface area contributed by atoms with Gasteiger partial charge in [0.2, 0.25) is 5.91 Å². The Morgan fingerprint density at radius 1 is 1.36 bits per heavy atom. The van der Waals surface area contributed by atoms with Crippen LogP contribution in [0.5, 0.6) is 0 Å². The van der Waals surface area contributed by atoms with Crippen molar-refractivity contribution in [1.82, 2.24) is 4.98 Å². The van der Waals surface area contributed by atoms with E-state index >= 15 is 0 Å². The van der Waals surface area contributed by atoms with E-state index in [-0.39, 0.29) is 18.7 Å². The van der Waals surface area contributed by atoms with E-state index in [4.69, 9.17) is 5.11 Å². The third kappa shape index (κ3) is 4.44. The Labute approximate surface area is 130 Å². The van der Waals surface area contributed by atoms with Gasteiger partial charge in [0.05, 0.1) is 18.3 Å². The van der Waals surface area contributed by atoms with Gasteiger partial charge in [-0.05, 0) is 37.8 Å². The van der Waals surface area contributed by atoms with Gasteiger partial charge in [-0.15, -0.1) is 0 Å². The van der Waals surface area contributed by atoms with Crippen molar-refractivity contribution in [3.63, 3.8) is 0 Å². The fraction of sp³-hybridized carbons (Fsp3) is 0.562. The molecular weight excluding hydrogens is 282 g/mol. The summed E-state index contributed by atoms with van der Waals surface area (Å²) in [5, 5.41) is 11.2. The Morgan fingerprint density at radius 2 is 2.18 bits per heavy atom. The maximum atomic E-state index is 11.6. The minimum absolute atomic E-state index is 0.0267. The lowest BCUT2D eigenvalue weighted by Crippen LogP contribution is -2.39. The lowest BCUT2D eigenvalue weighted by molar-refractivity contribution is -0.138. The van der Waals surface area contributed by atoms with E-state index in [2.05, 4.69) is 22.1 Å². The van der Waals surface area contributed by atoms with Crippen molar-refractivity contribution in [3.8, 4) is 0 Å². The molecule has 1 atom stereocenters. The summed E-state index contributed by atoms with van der Waals surface area (Å²) in [6.45, 7) is 3.22. The number of hydrogen-bond acceptors (Lipinski definition) is 4. The molecule has 0 saturated carbocycles. The highest BCUT2D eigenvalue weighted by Crippen LogP contribution is 2.25. The first-order valence-electron chi connectivity index (χ1n) is 7.84. The Balaban J connectivity index is 1.94. The fourth-order valence-corrected chi connectivity index (χ4v) is 2.80. The van der Waals surface area contributed by atoms with Gasteiger partial charge in [0, 0.05) is 19.0 Å². The van der Waals surface area contributed by atoms with Crippen LogP contribution in [0.15, 0.2) is 18.3 Å². The SMILES string of the molecule is CCC1CCCCN1c1ccc(NC(=O)CCC(=O)O)cn1. The third-order valence-electron chi connectivity index (χ3n) is 3.99. The lowest BCUT2D eigenvalue weighted by atomic mass is 10.00. The standard InChI is InChI=1S/C16H23N3O3/c1-2-13-5-3-4-10-19(13)14-7-6-12(11-17-14)18-15(20)8-9-16(21)22/h6-7,11,13H,2-5,8-10H2,1H3,(H,18,20)(H,21,22). The first kappa shape index (κ1) is 16.3. The second-order valence-corrected chi connectivity index (χ2v) is 5.60. The molecule has 1 aromatic heterocycles. The molecular formula is C16H23N3O3. The Hall–Kier alpha value is -2.11. The topological polar surface area (TPSA) is 82.5 Å². The van der Waals surface area contributed by atoms with Crippen LogP contribution in [-0.2, 0) is 9.59 Å². The van der Waals surface area contributed by atoms with E-state index in [0.717, 1.165) is 18.8 Å². The average Bonchev–Trinajstić information content (AvgIpc) is 2.53. The number of carbonyl (C=O) groups is 2. The van der Waals surface area contributed by atoms with Crippen LogP contribution in [-0.4, -0.2) is 34.6 Å². The number of amides is 1. The van der Waals surface area contributed by atoms with E-state index < -0.39 is 5.97 Å². The number of rotatable bonds is 6. The van der Waals surface area contributed by atoms with Gasteiger partial charge in [0.25, 0.3) is 0 Å². The number of aromatic nitrogens is 1. The fourth-order valence-electron chi connectivity index (χ4n) is 2.80. The van der Waals surface area contributed by atoms with Crippen LogP contribution < -0.4 is 10.2 Å². The highest BCUT2D eigenvalue weighted by atomic mass is 16.4. The smallest absolute Gasteiger partial charge is 0.303 e. The summed E-state index contributed by atoms with van der Waals surface area (Å²) in [4.78, 5) is 28.8. The number of pyridine rings is 1. The zero-order valence-corrected chi connectivity index (χ0v) is 12.9. The molecule has 1 aliphatic rings. The predicted octanol–water partition coefficient (Wildman–Crippen LogP) is 2.65. The molecule has 2 rings (SSSR count). The normalized spacial score (nSPS) is 18.0. The van der Waals surface area contributed by atoms with Gasteiger partial charge in [-0.1, -0.05) is 6.92 Å². The molecule has 0 bridgehead atoms. The van der Waals surface area contributed by atoms with Gasteiger partial charge in [0.1, 0.15) is 5.82 Å². The van der Waals surface area contributed by atoms with Crippen molar-refractivity contribution in [2.75, 3.05) is 16.8 Å². The van der Waals surface area contributed by atoms with E-state index in [1.807, 2.05) is 12.1 Å². The molecule has 1 aliphatic heterocycles. The summed E-state index contributed by atoms with van der Waals surface area (Å²) in [7, 11) is 0. The summed E-state index contributed by atoms with van der Waals surface area (Å²) >= 11 is 0. The number of hydrogen-bond donors (Lipinski definition) is 2. The summed E-state index contributed by atoms with van der Waals surface area (Å²) in [6, 6.07) is 4.28. The summed E-state index contributed by atoms with van der Waals surface area (Å²) in [5.74, 6) is -0.337. The number of aliphatic carboxylic acids is 1. The summed E-state index contributed by atoms with van der Waals surface area (Å²) < 4.78 is 0. The van der Waals surface area contributed by atoms with Crippen LogP contribution >= 0.6 is 0 Å². The van der Waals surface area contributed by atoms with E-state index in [9.17, 15) is 9.59 Å². The average molecular weight is 305 g/mol. The van der Waals surface area contributed by atoms with E-state index in [1.165, 1.54) is 19.3 Å². The van der Waals surface area contributed by atoms with Gasteiger partial charge in [0.15, 0.2) is 0 Å². The van der Waals surface area contributed by atoms with Crippen LogP contribution in [0.2, 0.25) is 0 Å². The maximum absolute atomic E-state index is 11.6. The molecule has 0 spiro atoms. The Morgan fingerprint density at radius 3 is 2.82 bits per heavy atom. The highest BCUT2D eigenvalue weighted by molar-refractivity contribution is 5.92. The first-order chi connectivity index (χ1) is 10.6. The number of piperidine rings is 1. The van der Waals surface area contributed by atoms with Crippen LogP contribution in [0.3, 0.4) is 0 Å². The van der Waals surface area contributed by atoms with Gasteiger partial charge >= 0.3 is 5.97 Å². The zero-order valence-electron chi connectivity index (χ0n) is 12.9. The third-order valence-corrected chi connectivity index (χ3v) is 3.99. The van der Waals surface area contributed by atoms with Gasteiger partial charge in [-0.3, -0.25) is 9.59 Å². The number of anilines is 2. The zero-order chi connectivity index (χ0) is 15.9. The van der Waals surface area contributed by atoms with Gasteiger partial charge in [-0.25, -0.2) is 4.98 Å². The number of carbonyl (C=O) groups excluding carboxylic acids is 1. The van der Waals surface area contributed by atoms with Gasteiger partial charge in [-0.2, -0.15) is 0 Å². The molecule has 1 unspecified atom stereocenters. The number of nitrogens with one attached hydrogen (secondary N) is 1. The minimum atomic E-state index is -0.973. The number of carboxylic acid groups (broad SMARTS) is 1. The molecule has 0 aliphatic carbocycles. The molecule has 22 heavy (non-hydrogen) atoms. The molecule has 2 N–H and O–H groups in total. The van der Waals surface area contributed by atoms with Crippen molar-refractivity contribution in [2.24, 2.45) is 0 Å². The largest absolute Gasteiger partial charge is 0.481 e. The van der Waals surface area contributed by atoms with E-state index in [0.29, 0.717) is 11.7 Å². The number of nitrogens with zero attached hydrogens (tertiary/aromatic N) is 2. The van der Waals surface area contributed by atoms with Crippen molar-refractivity contribution >= 4 is 23.4 Å². The van der Waals surface area contributed by atoms with Crippen LogP contribution in [0.25, 0.3) is 0 Å². The summed E-state index contributed by atoms with van der Waals surface area (Å²) in [6.07, 6.45) is 6.21. The second kappa shape index (κ2) is 7.77. The van der Waals surface area contributed by atoms with Crippen molar-refractivity contribution < 1.29 is 14.7 Å². The predicted molar refractivity (Wildman–Crippen MR) is 85.0 cm³/mol. The number of carboxylic acids is 1. The van der Waals surface area contributed by atoms with Crippen LogP contribution in [0.1, 0.15) is 45.4 Å². The first-order valence-corrected chi connectivity index (χ1v) is 7.84. The molecule has 6 heteroatoms. The van der Waals surface area contributed by atoms with Crippen LogP contribution in [0.4, 0.5) is 11.5 Å². The van der Waals surface area contributed by atoms with Crippen molar-refractivity contribution in [2.45, 2.75) is 51.5 Å². The quantitative estimate of drug-likeness (QED) is 0.844. The second-order valence-electron chi connectivity index (χ2n) is 5.60. The Kier molecular flexibility index (Phi) is 5.75. The molecule has 120 valence electrons. The lowest BCUT2D eigenvalue weighted by Gasteiger charge is -2.36. The molecule has 6 nitrogen and oxygen atoms in total. The molecule has 1 saturated heterocycles. The summed E-state index contributed by atoms with van der Waals surface area (Å²) in [5.41, 5.74) is 0.601. The monoisotopic (exact) mass is 305 g/mol. The van der Waals surface area contributed by atoms with Crippen molar-refractivity contribution in [1.29, 1.82) is 0 Å². The molecule has 1 aromatic rings. The van der Waals surface area contributed by atoms with Gasteiger partial charge < -0.3 is 15.3 Å². The van der Waals surface area contributed by atoms with Crippen LogP contribution in [0, 0.1) is 0 Å². The molecule has 0 aromatic carbocycles. The molecule has 0 radical (unpaired) electrons. The van der Waals surface area contributed by atoms with Crippen molar-refractivity contribution in [3.05, 3.63) is 18.3 Å². The van der Waals surface area contributed by atoms with E-state index in [1.54, 1.807) is 6.20 Å². The molecule has 1 amide bonds. The Bertz CT molecular complexity index is 516. The maximum Gasteiger partial charge on any atom is 0.303 e. The molecule has 2 heterocycles. The highest BCUT2D eigenvalue weighted by Gasteiger charge is 2.21. The molecule has 1 fully saturated rings. The minimum Gasteiger partial charge on any atom is -0.481 e.